The minimum Gasteiger partial charge on any atom is -0.371 e. The van der Waals surface area contributed by atoms with E-state index in [-0.39, 0.29) is 5.91 Å². The van der Waals surface area contributed by atoms with Crippen molar-refractivity contribution in [2.24, 2.45) is 0 Å². The van der Waals surface area contributed by atoms with Gasteiger partial charge in [0.2, 0.25) is 11.8 Å². The van der Waals surface area contributed by atoms with Gasteiger partial charge >= 0.3 is 0 Å². The Labute approximate surface area is 111 Å². The molecule has 7 heteroatoms. The van der Waals surface area contributed by atoms with Gasteiger partial charge in [0.25, 0.3) is 0 Å². The molecular formula is C12H17N5O2. The molecule has 2 rings (SSSR count). The molecule has 0 spiro atoms. The molecule has 2 aromatic heterocycles. The first-order valence-corrected chi connectivity index (χ1v) is 6.11. The number of nitrogens with zero attached hydrogens (tertiary/aromatic N) is 3. The van der Waals surface area contributed by atoms with E-state index in [0.717, 1.165) is 17.9 Å². The maximum absolute atomic E-state index is 11.9. The average Bonchev–Trinajstić information content (AvgIpc) is 2.98. The molecule has 0 saturated heterocycles. The third-order valence-corrected chi connectivity index (χ3v) is 2.61. The molecule has 2 aromatic rings. The molecule has 0 fully saturated rings. The van der Waals surface area contributed by atoms with Gasteiger partial charge in [-0.05, 0) is 20.8 Å². The van der Waals surface area contributed by atoms with Crippen LogP contribution in [0.5, 0.6) is 0 Å². The molecule has 0 bridgehead atoms. The highest BCUT2D eigenvalue weighted by Gasteiger charge is 2.15. The lowest BCUT2D eigenvalue weighted by atomic mass is 10.3. The van der Waals surface area contributed by atoms with E-state index in [1.807, 2.05) is 13.1 Å². The van der Waals surface area contributed by atoms with Crippen LogP contribution in [0.15, 0.2) is 23.0 Å². The van der Waals surface area contributed by atoms with Crippen molar-refractivity contribution in [2.45, 2.75) is 33.4 Å². The van der Waals surface area contributed by atoms with Crippen LogP contribution in [-0.2, 0) is 11.3 Å². The Bertz CT molecular complexity index is 560. The average molecular weight is 263 g/mol. The molecule has 19 heavy (non-hydrogen) atoms. The number of anilines is 2. The first-order chi connectivity index (χ1) is 9.08. The van der Waals surface area contributed by atoms with Gasteiger partial charge in [0.15, 0.2) is 0 Å². The summed E-state index contributed by atoms with van der Waals surface area (Å²) in [5, 5.41) is 13.5. The summed E-state index contributed by atoms with van der Waals surface area (Å²) in [4.78, 5) is 11.9. The van der Waals surface area contributed by atoms with E-state index in [4.69, 9.17) is 4.52 Å². The van der Waals surface area contributed by atoms with Crippen molar-refractivity contribution in [3.05, 3.63) is 24.2 Å². The number of aryl methyl sites for hydroxylation is 2. The largest absolute Gasteiger partial charge is 0.371 e. The zero-order valence-corrected chi connectivity index (χ0v) is 11.2. The van der Waals surface area contributed by atoms with Crippen LogP contribution >= 0.6 is 0 Å². The lowest BCUT2D eigenvalue weighted by Crippen LogP contribution is -2.31. The van der Waals surface area contributed by atoms with Crippen molar-refractivity contribution in [1.82, 2.24) is 14.9 Å². The number of amides is 1. The Balaban J connectivity index is 1.91. The van der Waals surface area contributed by atoms with Crippen LogP contribution in [0.3, 0.4) is 0 Å². The number of nitrogens with one attached hydrogen (secondary N) is 2. The topological polar surface area (TPSA) is 85.0 Å². The van der Waals surface area contributed by atoms with E-state index in [2.05, 4.69) is 20.9 Å². The van der Waals surface area contributed by atoms with Gasteiger partial charge in [0.05, 0.1) is 17.6 Å². The molecule has 0 unspecified atom stereocenters. The van der Waals surface area contributed by atoms with Crippen LogP contribution in [-0.4, -0.2) is 26.9 Å². The fourth-order valence-corrected chi connectivity index (χ4v) is 1.58. The summed E-state index contributed by atoms with van der Waals surface area (Å²) in [6.45, 7) is 6.35. The van der Waals surface area contributed by atoms with E-state index in [1.54, 1.807) is 30.8 Å². The van der Waals surface area contributed by atoms with E-state index < -0.39 is 6.04 Å². The maximum Gasteiger partial charge on any atom is 0.248 e. The molecule has 7 nitrogen and oxygen atoms in total. The Morgan fingerprint density at radius 1 is 1.58 bits per heavy atom. The van der Waals surface area contributed by atoms with Gasteiger partial charge < -0.3 is 9.84 Å². The highest BCUT2D eigenvalue weighted by molar-refractivity contribution is 5.95. The standard InChI is InChI=1S/C12H17N5O2/c1-4-17-7-10(6-13-17)14-9(3)12(18)15-11-5-8(2)16-19-11/h5-7,9,14H,4H2,1-3H3,(H,15,18)/t9-/m1/s1. The zero-order chi connectivity index (χ0) is 13.8. The molecular weight excluding hydrogens is 246 g/mol. The summed E-state index contributed by atoms with van der Waals surface area (Å²) in [6, 6.07) is 1.26. The first-order valence-electron chi connectivity index (χ1n) is 6.11. The molecule has 0 aliphatic rings. The minimum absolute atomic E-state index is 0.194. The lowest BCUT2D eigenvalue weighted by Gasteiger charge is -2.12. The van der Waals surface area contributed by atoms with Crippen molar-refractivity contribution in [3.8, 4) is 0 Å². The van der Waals surface area contributed by atoms with Crippen molar-refractivity contribution < 1.29 is 9.32 Å². The predicted molar refractivity (Wildman–Crippen MR) is 70.9 cm³/mol. The van der Waals surface area contributed by atoms with Crippen LogP contribution in [0.4, 0.5) is 11.6 Å². The third kappa shape index (κ3) is 3.34. The summed E-state index contributed by atoms with van der Waals surface area (Å²) < 4.78 is 6.72. The molecule has 0 radical (unpaired) electrons. The smallest absolute Gasteiger partial charge is 0.248 e. The summed E-state index contributed by atoms with van der Waals surface area (Å²) >= 11 is 0. The Morgan fingerprint density at radius 2 is 2.37 bits per heavy atom. The first kappa shape index (κ1) is 13.1. The molecule has 0 saturated carbocycles. The minimum atomic E-state index is -0.403. The molecule has 2 heterocycles. The van der Waals surface area contributed by atoms with E-state index in [1.165, 1.54) is 0 Å². The molecule has 0 aromatic carbocycles. The number of carbonyl (C=O) groups excluding carboxylic acids is 1. The number of hydrogen-bond acceptors (Lipinski definition) is 5. The molecule has 1 atom stereocenters. The van der Waals surface area contributed by atoms with Crippen molar-refractivity contribution in [1.29, 1.82) is 0 Å². The fourth-order valence-electron chi connectivity index (χ4n) is 1.58. The Morgan fingerprint density at radius 3 is 2.95 bits per heavy atom. The highest BCUT2D eigenvalue weighted by atomic mass is 16.5. The summed E-state index contributed by atoms with van der Waals surface area (Å²) in [5.41, 5.74) is 1.53. The molecule has 0 aliphatic carbocycles. The van der Waals surface area contributed by atoms with Crippen molar-refractivity contribution in [3.63, 3.8) is 0 Å². The SMILES string of the molecule is CCn1cc(N[C@H](C)C(=O)Nc2cc(C)no2)cn1. The quantitative estimate of drug-likeness (QED) is 0.856. The van der Waals surface area contributed by atoms with Crippen molar-refractivity contribution in [2.75, 3.05) is 10.6 Å². The van der Waals surface area contributed by atoms with E-state index in [0.29, 0.717) is 5.88 Å². The van der Waals surface area contributed by atoms with Crippen LogP contribution in [0, 0.1) is 6.92 Å². The van der Waals surface area contributed by atoms with Gasteiger partial charge in [0, 0.05) is 18.8 Å². The normalized spacial score (nSPS) is 12.2. The van der Waals surface area contributed by atoms with Crippen LogP contribution in [0.2, 0.25) is 0 Å². The predicted octanol–water partition coefficient (Wildman–Crippen LogP) is 1.64. The van der Waals surface area contributed by atoms with E-state index in [9.17, 15) is 4.79 Å². The van der Waals surface area contributed by atoms with Gasteiger partial charge in [0.1, 0.15) is 6.04 Å². The summed E-state index contributed by atoms with van der Waals surface area (Å²) in [5.74, 6) is 0.154. The second kappa shape index (κ2) is 5.55. The number of aromatic nitrogens is 3. The molecule has 2 N–H and O–H groups in total. The van der Waals surface area contributed by atoms with Gasteiger partial charge in [-0.1, -0.05) is 5.16 Å². The second-order valence-corrected chi connectivity index (χ2v) is 4.27. The number of rotatable bonds is 5. The van der Waals surface area contributed by atoms with Crippen LogP contribution < -0.4 is 10.6 Å². The van der Waals surface area contributed by atoms with Gasteiger partial charge in [-0.2, -0.15) is 5.10 Å². The van der Waals surface area contributed by atoms with Crippen LogP contribution in [0.1, 0.15) is 19.5 Å². The number of hydrogen-bond donors (Lipinski definition) is 2. The van der Waals surface area contributed by atoms with Crippen LogP contribution in [0.25, 0.3) is 0 Å². The Kier molecular flexibility index (Phi) is 3.84. The highest BCUT2D eigenvalue weighted by Crippen LogP contribution is 2.11. The van der Waals surface area contributed by atoms with Crippen molar-refractivity contribution >= 4 is 17.5 Å². The molecule has 102 valence electrons. The lowest BCUT2D eigenvalue weighted by molar-refractivity contribution is -0.116. The molecule has 1 amide bonds. The second-order valence-electron chi connectivity index (χ2n) is 4.27. The number of carbonyl (C=O) groups is 1. The maximum atomic E-state index is 11.9. The zero-order valence-electron chi connectivity index (χ0n) is 11.2. The molecule has 0 aliphatic heterocycles. The summed E-state index contributed by atoms with van der Waals surface area (Å²) in [7, 11) is 0. The van der Waals surface area contributed by atoms with Gasteiger partial charge in [-0.15, -0.1) is 0 Å². The summed E-state index contributed by atoms with van der Waals surface area (Å²) in [6.07, 6.45) is 3.54. The monoisotopic (exact) mass is 263 g/mol. The fraction of sp³-hybridized carbons (Fsp3) is 0.417. The van der Waals surface area contributed by atoms with Gasteiger partial charge in [-0.3, -0.25) is 14.8 Å². The third-order valence-electron chi connectivity index (χ3n) is 2.61. The van der Waals surface area contributed by atoms with E-state index >= 15 is 0 Å². The van der Waals surface area contributed by atoms with Gasteiger partial charge in [-0.25, -0.2) is 0 Å². The Hall–Kier alpha value is -2.31.